The number of aryl methyl sites for hydroxylation is 1. The number of hydrogen-bond acceptors (Lipinski definition) is 3. The predicted octanol–water partition coefficient (Wildman–Crippen LogP) is 4.00. The molecule has 0 saturated heterocycles. The van der Waals surface area contributed by atoms with Gasteiger partial charge in [-0.15, -0.1) is 0 Å². The Morgan fingerprint density at radius 3 is 2.32 bits per heavy atom. The van der Waals surface area contributed by atoms with E-state index in [0.29, 0.717) is 24.2 Å². The molecule has 4 rings (SSSR count). The van der Waals surface area contributed by atoms with Gasteiger partial charge in [-0.1, -0.05) is 35.9 Å². The van der Waals surface area contributed by atoms with Crippen molar-refractivity contribution in [3.8, 4) is 0 Å². The van der Waals surface area contributed by atoms with Crippen molar-refractivity contribution in [3.05, 3.63) is 89.5 Å². The van der Waals surface area contributed by atoms with E-state index < -0.39 is 10.0 Å². The van der Waals surface area contributed by atoms with Crippen LogP contribution < -0.4 is 9.62 Å². The monoisotopic (exact) mass is 392 g/mol. The van der Waals surface area contributed by atoms with Gasteiger partial charge in [0.2, 0.25) is 0 Å². The maximum atomic E-state index is 13.0. The summed E-state index contributed by atoms with van der Waals surface area (Å²) in [7, 11) is -3.66. The van der Waals surface area contributed by atoms with Crippen molar-refractivity contribution in [2.75, 3.05) is 16.2 Å². The van der Waals surface area contributed by atoms with Gasteiger partial charge in [-0.05, 0) is 61.4 Å². The van der Waals surface area contributed by atoms with Crippen molar-refractivity contribution in [1.82, 2.24) is 0 Å². The smallest absolute Gasteiger partial charge is 0.264 e. The fourth-order valence-corrected chi connectivity index (χ4v) is 4.81. The highest BCUT2D eigenvalue weighted by Crippen LogP contribution is 2.32. The number of nitrogens with zero attached hydrogens (tertiary/aromatic N) is 1. The summed E-state index contributed by atoms with van der Waals surface area (Å²) in [4.78, 5) is 12.6. The molecule has 1 aliphatic heterocycles. The molecular weight excluding hydrogens is 372 g/mol. The summed E-state index contributed by atoms with van der Waals surface area (Å²) in [6.45, 7) is 2.40. The first-order valence-corrected chi connectivity index (χ1v) is 10.5. The number of fused-ring (bicyclic) bond motifs is 1. The molecule has 0 atom stereocenters. The molecular formula is C22H20N2O3S. The van der Waals surface area contributed by atoms with Gasteiger partial charge in [0.25, 0.3) is 15.9 Å². The van der Waals surface area contributed by atoms with Gasteiger partial charge in [-0.3, -0.25) is 9.10 Å². The number of benzene rings is 3. The van der Waals surface area contributed by atoms with Crippen LogP contribution in [0.3, 0.4) is 0 Å². The molecule has 28 heavy (non-hydrogen) atoms. The highest BCUT2D eigenvalue weighted by Gasteiger charge is 2.30. The van der Waals surface area contributed by atoms with Crippen molar-refractivity contribution >= 4 is 27.3 Å². The van der Waals surface area contributed by atoms with E-state index in [9.17, 15) is 13.2 Å². The van der Waals surface area contributed by atoms with Crippen LogP contribution in [0, 0.1) is 6.92 Å². The third kappa shape index (κ3) is 3.39. The van der Waals surface area contributed by atoms with Gasteiger partial charge in [0, 0.05) is 17.8 Å². The lowest BCUT2D eigenvalue weighted by molar-refractivity contribution is 0.102. The topological polar surface area (TPSA) is 66.5 Å². The van der Waals surface area contributed by atoms with E-state index in [0.717, 1.165) is 16.8 Å². The van der Waals surface area contributed by atoms with E-state index >= 15 is 0 Å². The molecule has 0 aromatic heterocycles. The zero-order valence-corrected chi connectivity index (χ0v) is 16.2. The molecule has 5 nitrogen and oxygen atoms in total. The number of para-hydroxylation sites is 1. The highest BCUT2D eigenvalue weighted by molar-refractivity contribution is 7.92. The van der Waals surface area contributed by atoms with E-state index in [2.05, 4.69) is 5.32 Å². The second-order valence-electron chi connectivity index (χ2n) is 6.80. The molecule has 0 bridgehead atoms. The molecule has 1 N–H and O–H groups in total. The average molecular weight is 392 g/mol. The van der Waals surface area contributed by atoms with Crippen molar-refractivity contribution in [1.29, 1.82) is 0 Å². The molecule has 0 fully saturated rings. The van der Waals surface area contributed by atoms with Gasteiger partial charge < -0.3 is 5.32 Å². The minimum Gasteiger partial charge on any atom is -0.322 e. The standard InChI is InChI=1S/C22H20N2O3S/c1-16-6-10-19(11-7-16)23-22(25)18-8-12-20(13-9-18)28(26,27)24-15-14-17-4-2-3-5-21(17)24/h2-13H,14-15H2,1H3,(H,23,25). The maximum absolute atomic E-state index is 13.0. The number of anilines is 2. The number of amides is 1. The zero-order valence-electron chi connectivity index (χ0n) is 15.4. The summed E-state index contributed by atoms with van der Waals surface area (Å²) in [5, 5.41) is 2.81. The fraction of sp³-hybridized carbons (Fsp3) is 0.136. The predicted molar refractivity (Wildman–Crippen MR) is 110 cm³/mol. The number of carbonyl (C=O) groups excluding carboxylic acids is 1. The molecule has 0 unspecified atom stereocenters. The van der Waals surface area contributed by atoms with E-state index in [-0.39, 0.29) is 10.8 Å². The summed E-state index contributed by atoms with van der Waals surface area (Å²) in [5.74, 6) is -0.278. The molecule has 142 valence electrons. The Balaban J connectivity index is 1.54. The van der Waals surface area contributed by atoms with Crippen molar-refractivity contribution in [3.63, 3.8) is 0 Å². The van der Waals surface area contributed by atoms with Crippen molar-refractivity contribution in [2.45, 2.75) is 18.2 Å². The van der Waals surface area contributed by atoms with Gasteiger partial charge in [0.05, 0.1) is 10.6 Å². The van der Waals surface area contributed by atoms with Gasteiger partial charge in [0.15, 0.2) is 0 Å². The zero-order chi connectivity index (χ0) is 19.7. The Hall–Kier alpha value is -3.12. The molecule has 6 heteroatoms. The SMILES string of the molecule is Cc1ccc(NC(=O)c2ccc(S(=O)(=O)N3CCc4ccccc43)cc2)cc1. The summed E-state index contributed by atoms with van der Waals surface area (Å²) >= 11 is 0. The normalized spacial score (nSPS) is 13.2. The Morgan fingerprint density at radius 1 is 0.929 bits per heavy atom. The van der Waals surface area contributed by atoms with Gasteiger partial charge in [-0.25, -0.2) is 8.42 Å². The Bertz CT molecular complexity index is 1120. The summed E-state index contributed by atoms with van der Waals surface area (Å²) in [6.07, 6.45) is 0.701. The largest absolute Gasteiger partial charge is 0.322 e. The first-order chi connectivity index (χ1) is 13.4. The van der Waals surface area contributed by atoms with Crippen LogP contribution in [0.15, 0.2) is 77.7 Å². The Kier molecular flexibility index (Phi) is 4.65. The van der Waals surface area contributed by atoms with E-state index in [1.54, 1.807) is 12.1 Å². The second kappa shape index (κ2) is 7.13. The lowest BCUT2D eigenvalue weighted by atomic mass is 10.2. The second-order valence-corrected chi connectivity index (χ2v) is 8.66. The van der Waals surface area contributed by atoms with Gasteiger partial charge in [-0.2, -0.15) is 0 Å². The minimum absolute atomic E-state index is 0.177. The number of carbonyl (C=O) groups is 1. The molecule has 1 aliphatic rings. The minimum atomic E-state index is -3.66. The third-order valence-electron chi connectivity index (χ3n) is 4.86. The molecule has 0 radical (unpaired) electrons. The van der Waals surface area contributed by atoms with E-state index in [4.69, 9.17) is 0 Å². The lowest BCUT2D eigenvalue weighted by Crippen LogP contribution is -2.29. The van der Waals surface area contributed by atoms with Crippen LogP contribution in [-0.4, -0.2) is 20.9 Å². The Morgan fingerprint density at radius 2 is 1.61 bits per heavy atom. The van der Waals surface area contributed by atoms with Crippen LogP contribution in [0.25, 0.3) is 0 Å². The van der Waals surface area contributed by atoms with Crippen LogP contribution in [0.1, 0.15) is 21.5 Å². The molecule has 0 aliphatic carbocycles. The van der Waals surface area contributed by atoms with Crippen LogP contribution in [-0.2, 0) is 16.4 Å². The molecule has 1 amide bonds. The highest BCUT2D eigenvalue weighted by atomic mass is 32.2. The molecule has 0 spiro atoms. The summed E-state index contributed by atoms with van der Waals surface area (Å²) in [6, 6.07) is 21.1. The summed E-state index contributed by atoms with van der Waals surface area (Å²) in [5.41, 5.74) is 3.96. The third-order valence-corrected chi connectivity index (χ3v) is 6.69. The average Bonchev–Trinajstić information content (AvgIpc) is 3.15. The quantitative estimate of drug-likeness (QED) is 0.730. The number of sulfonamides is 1. The number of rotatable bonds is 4. The maximum Gasteiger partial charge on any atom is 0.264 e. The summed E-state index contributed by atoms with van der Waals surface area (Å²) < 4.78 is 27.5. The Labute approximate surface area is 164 Å². The first kappa shape index (κ1) is 18.3. The number of nitrogens with one attached hydrogen (secondary N) is 1. The molecule has 3 aromatic rings. The molecule has 3 aromatic carbocycles. The van der Waals surface area contributed by atoms with Crippen molar-refractivity contribution < 1.29 is 13.2 Å². The lowest BCUT2D eigenvalue weighted by Gasteiger charge is -2.19. The van der Waals surface area contributed by atoms with Crippen LogP contribution in [0.4, 0.5) is 11.4 Å². The fourth-order valence-electron chi connectivity index (χ4n) is 3.30. The first-order valence-electron chi connectivity index (χ1n) is 9.04. The molecule has 0 saturated carbocycles. The van der Waals surface area contributed by atoms with Gasteiger partial charge in [0.1, 0.15) is 0 Å². The van der Waals surface area contributed by atoms with E-state index in [1.807, 2.05) is 55.5 Å². The van der Waals surface area contributed by atoms with Crippen LogP contribution in [0.5, 0.6) is 0 Å². The van der Waals surface area contributed by atoms with Crippen LogP contribution in [0.2, 0.25) is 0 Å². The van der Waals surface area contributed by atoms with Gasteiger partial charge >= 0.3 is 0 Å². The van der Waals surface area contributed by atoms with Crippen LogP contribution >= 0.6 is 0 Å². The van der Waals surface area contributed by atoms with Crippen molar-refractivity contribution in [2.24, 2.45) is 0 Å². The number of hydrogen-bond donors (Lipinski definition) is 1. The van der Waals surface area contributed by atoms with E-state index in [1.165, 1.54) is 16.4 Å². The molecule has 1 heterocycles.